The van der Waals surface area contributed by atoms with Gasteiger partial charge < -0.3 is 5.32 Å². The molecule has 1 atom stereocenters. The largest absolute Gasteiger partial charge is 0.378 e. The number of hydrogen-bond acceptors (Lipinski definition) is 6. The number of benzene rings is 2. The molecule has 0 fully saturated rings. The molecule has 0 aliphatic rings. The molecule has 0 radical (unpaired) electrons. The Morgan fingerprint density at radius 3 is 2.58 bits per heavy atom. The van der Waals surface area contributed by atoms with Crippen LogP contribution in [0.5, 0.6) is 0 Å². The zero-order chi connectivity index (χ0) is 19.3. The number of para-hydroxylation sites is 1. The van der Waals surface area contributed by atoms with Crippen molar-refractivity contribution in [3.8, 4) is 6.07 Å². The minimum atomic E-state index is -4.06. The number of nitrogens with one attached hydrogen (secondary N) is 2. The summed E-state index contributed by atoms with van der Waals surface area (Å²) in [5.74, 6) is -0.361. The summed E-state index contributed by atoms with van der Waals surface area (Å²) >= 11 is 5.94. The number of sulfonamides is 1. The van der Waals surface area contributed by atoms with E-state index >= 15 is 0 Å². The second-order valence-corrected chi connectivity index (χ2v) is 7.52. The minimum absolute atomic E-state index is 0.133. The fraction of sp³-hybridized carbons (Fsp3) is 0.188. The predicted molar refractivity (Wildman–Crippen MR) is 98.6 cm³/mol. The van der Waals surface area contributed by atoms with Gasteiger partial charge in [-0.3, -0.25) is 14.8 Å². The van der Waals surface area contributed by atoms with Crippen LogP contribution in [-0.2, 0) is 10.0 Å². The first kappa shape index (κ1) is 19.5. The number of anilines is 2. The minimum Gasteiger partial charge on any atom is -0.378 e. The summed E-state index contributed by atoms with van der Waals surface area (Å²) in [5, 5.41) is 23.1. The Labute approximate surface area is 155 Å². The molecule has 0 bridgehead atoms. The zero-order valence-corrected chi connectivity index (χ0v) is 15.2. The molecule has 0 amide bonds. The number of nitro benzene ring substituents is 1. The van der Waals surface area contributed by atoms with E-state index in [-0.39, 0.29) is 33.8 Å². The number of nitro groups is 1. The summed E-state index contributed by atoms with van der Waals surface area (Å²) in [4.78, 5) is 10.3. The van der Waals surface area contributed by atoms with Crippen LogP contribution in [0.3, 0.4) is 0 Å². The quantitative estimate of drug-likeness (QED) is 0.545. The Balaban J connectivity index is 2.35. The molecule has 0 unspecified atom stereocenters. The van der Waals surface area contributed by atoms with Crippen molar-refractivity contribution >= 4 is 38.7 Å². The number of nitriles is 1. The summed E-state index contributed by atoms with van der Waals surface area (Å²) in [6.07, 6.45) is 0. The van der Waals surface area contributed by atoms with Gasteiger partial charge in [0.2, 0.25) is 0 Å². The molecule has 2 N–H and O–H groups in total. The lowest BCUT2D eigenvalue weighted by molar-refractivity contribution is -0.384. The van der Waals surface area contributed by atoms with Crippen LogP contribution in [-0.4, -0.2) is 19.9 Å². The molecule has 136 valence electrons. The van der Waals surface area contributed by atoms with E-state index in [4.69, 9.17) is 16.9 Å². The van der Waals surface area contributed by atoms with Crippen LogP contribution < -0.4 is 10.0 Å². The second-order valence-electron chi connectivity index (χ2n) is 5.43. The highest BCUT2D eigenvalue weighted by molar-refractivity contribution is 7.92. The van der Waals surface area contributed by atoms with E-state index in [9.17, 15) is 18.5 Å². The maximum Gasteiger partial charge on any atom is 0.293 e. The monoisotopic (exact) mass is 394 g/mol. The van der Waals surface area contributed by atoms with Gasteiger partial charge in [-0.15, -0.1) is 0 Å². The third-order valence-corrected chi connectivity index (χ3v) is 5.11. The third kappa shape index (κ3) is 4.62. The Kier molecular flexibility index (Phi) is 6.02. The van der Waals surface area contributed by atoms with Crippen LogP contribution in [0, 0.1) is 27.4 Å². The topological polar surface area (TPSA) is 125 Å². The van der Waals surface area contributed by atoms with Gasteiger partial charge in [-0.1, -0.05) is 23.7 Å². The molecule has 0 aromatic heterocycles. The summed E-state index contributed by atoms with van der Waals surface area (Å²) < 4.78 is 27.3. The van der Waals surface area contributed by atoms with Gasteiger partial charge in [0.1, 0.15) is 5.69 Å². The van der Waals surface area contributed by atoms with E-state index in [2.05, 4.69) is 10.0 Å². The van der Waals surface area contributed by atoms with Gasteiger partial charge in [-0.2, -0.15) is 5.26 Å². The maximum atomic E-state index is 12.5. The van der Waals surface area contributed by atoms with Crippen molar-refractivity contribution in [3.05, 3.63) is 57.6 Å². The van der Waals surface area contributed by atoms with Crippen LogP contribution in [0.4, 0.5) is 17.1 Å². The van der Waals surface area contributed by atoms with Gasteiger partial charge in [0.05, 0.1) is 32.5 Å². The molecule has 26 heavy (non-hydrogen) atoms. The Hall–Kier alpha value is -2.83. The molecule has 2 aromatic rings. The van der Waals surface area contributed by atoms with Crippen molar-refractivity contribution < 1.29 is 13.3 Å². The van der Waals surface area contributed by atoms with Gasteiger partial charge in [0.25, 0.3) is 15.7 Å². The number of halogens is 1. The van der Waals surface area contributed by atoms with Gasteiger partial charge in [-0.05, 0) is 31.2 Å². The van der Waals surface area contributed by atoms with Crippen molar-refractivity contribution in [2.75, 3.05) is 16.6 Å². The van der Waals surface area contributed by atoms with Crippen LogP contribution >= 0.6 is 11.6 Å². The zero-order valence-electron chi connectivity index (χ0n) is 13.6. The van der Waals surface area contributed by atoms with E-state index in [0.717, 1.165) is 6.07 Å². The normalized spacial score (nSPS) is 12.0. The Morgan fingerprint density at radius 1 is 1.27 bits per heavy atom. The highest BCUT2D eigenvalue weighted by atomic mass is 35.5. The van der Waals surface area contributed by atoms with E-state index in [1.807, 2.05) is 6.07 Å². The van der Waals surface area contributed by atoms with Gasteiger partial charge in [0, 0.05) is 12.6 Å². The molecule has 0 spiro atoms. The van der Waals surface area contributed by atoms with Crippen LogP contribution in [0.15, 0.2) is 47.4 Å². The number of rotatable bonds is 7. The molecule has 0 saturated carbocycles. The lowest BCUT2D eigenvalue weighted by Crippen LogP contribution is -2.15. The molecular formula is C16H15ClN4O4S. The average Bonchev–Trinajstić information content (AvgIpc) is 2.61. The van der Waals surface area contributed by atoms with Crippen LogP contribution in [0.2, 0.25) is 5.02 Å². The highest BCUT2D eigenvalue weighted by Gasteiger charge is 2.22. The van der Waals surface area contributed by atoms with Gasteiger partial charge >= 0.3 is 0 Å². The van der Waals surface area contributed by atoms with Crippen molar-refractivity contribution in [3.63, 3.8) is 0 Å². The Morgan fingerprint density at radius 2 is 1.96 bits per heavy atom. The molecule has 10 heteroatoms. The first-order valence-electron chi connectivity index (χ1n) is 7.44. The molecule has 0 aliphatic carbocycles. The molecule has 8 nitrogen and oxygen atoms in total. The molecule has 0 saturated heterocycles. The van der Waals surface area contributed by atoms with Gasteiger partial charge in [-0.25, -0.2) is 8.42 Å². The standard InChI is InChI=1S/C16H15ClN4O4S/c1-11(9-18)10-19-15-7-6-12(8-16(15)21(22)23)26(24,25)20-14-5-3-2-4-13(14)17/h2-8,11,19-20H,10H2,1H3/t11-/m0/s1. The molecule has 0 heterocycles. The SMILES string of the molecule is C[C@@H](C#N)CNc1ccc(S(=O)(=O)Nc2ccccc2Cl)cc1[N+](=O)[O-]. The summed E-state index contributed by atoms with van der Waals surface area (Å²) in [6.45, 7) is 1.85. The van der Waals surface area contributed by atoms with E-state index < -0.39 is 20.6 Å². The first-order chi connectivity index (χ1) is 12.2. The van der Waals surface area contributed by atoms with Crippen LogP contribution in [0.25, 0.3) is 0 Å². The fourth-order valence-corrected chi connectivity index (χ4v) is 3.37. The molecule has 2 rings (SSSR count). The number of hydrogen-bond donors (Lipinski definition) is 2. The van der Waals surface area contributed by atoms with Crippen molar-refractivity contribution in [1.29, 1.82) is 5.26 Å². The summed E-state index contributed by atoms with van der Waals surface area (Å²) in [7, 11) is -4.06. The predicted octanol–water partition coefficient (Wildman–Crippen LogP) is 3.62. The smallest absolute Gasteiger partial charge is 0.293 e. The van der Waals surface area contributed by atoms with Crippen molar-refractivity contribution in [1.82, 2.24) is 0 Å². The summed E-state index contributed by atoms with van der Waals surface area (Å²) in [5.41, 5.74) is -0.104. The van der Waals surface area contributed by atoms with E-state index in [1.165, 1.54) is 24.3 Å². The lowest BCUT2D eigenvalue weighted by Gasteiger charge is -2.12. The maximum absolute atomic E-state index is 12.5. The first-order valence-corrected chi connectivity index (χ1v) is 9.30. The molecular weight excluding hydrogens is 380 g/mol. The molecule has 2 aromatic carbocycles. The highest BCUT2D eigenvalue weighted by Crippen LogP contribution is 2.30. The van der Waals surface area contributed by atoms with E-state index in [1.54, 1.807) is 19.1 Å². The van der Waals surface area contributed by atoms with Crippen molar-refractivity contribution in [2.45, 2.75) is 11.8 Å². The molecule has 0 aliphatic heterocycles. The fourth-order valence-electron chi connectivity index (χ4n) is 2.04. The Bertz CT molecular complexity index is 972. The van der Waals surface area contributed by atoms with Crippen molar-refractivity contribution in [2.24, 2.45) is 5.92 Å². The van der Waals surface area contributed by atoms with E-state index in [0.29, 0.717) is 0 Å². The van der Waals surface area contributed by atoms with Crippen LogP contribution in [0.1, 0.15) is 6.92 Å². The average molecular weight is 395 g/mol. The summed E-state index contributed by atoms with van der Waals surface area (Å²) in [6, 6.07) is 11.7. The second kappa shape index (κ2) is 8.03. The van der Waals surface area contributed by atoms with Gasteiger partial charge in [0.15, 0.2) is 0 Å². The lowest BCUT2D eigenvalue weighted by atomic mass is 10.2. The third-order valence-electron chi connectivity index (χ3n) is 3.41. The number of nitrogens with zero attached hydrogens (tertiary/aromatic N) is 2.